The predicted octanol–water partition coefficient (Wildman–Crippen LogP) is 3.10. The van der Waals surface area contributed by atoms with Crippen LogP contribution in [0.2, 0.25) is 0 Å². The fourth-order valence-electron chi connectivity index (χ4n) is 2.75. The molecule has 0 aromatic carbocycles. The Bertz CT molecular complexity index is 405. The molecule has 0 saturated carbocycles. The van der Waals surface area contributed by atoms with Crippen LogP contribution in [0.1, 0.15) is 36.9 Å². The first-order chi connectivity index (χ1) is 9.56. The average molecular weight is 296 g/mol. The van der Waals surface area contributed by atoms with Gasteiger partial charge in [-0.2, -0.15) is 0 Å². The molecule has 0 aliphatic carbocycles. The van der Waals surface area contributed by atoms with Crippen molar-refractivity contribution in [2.75, 3.05) is 20.2 Å². The molecule has 1 aliphatic heterocycles. The zero-order valence-electron chi connectivity index (χ0n) is 13.2. The van der Waals surface area contributed by atoms with Gasteiger partial charge >= 0.3 is 0 Å². The molecule has 0 spiro atoms. The number of ether oxygens (including phenoxy) is 1. The highest BCUT2D eigenvalue weighted by Crippen LogP contribution is 2.23. The number of rotatable bonds is 7. The Morgan fingerprint density at radius 3 is 2.80 bits per heavy atom. The molecule has 2 unspecified atom stereocenters. The fourth-order valence-corrected chi connectivity index (χ4v) is 3.80. The van der Waals surface area contributed by atoms with Crippen molar-refractivity contribution in [1.29, 1.82) is 0 Å². The first kappa shape index (κ1) is 16.0. The van der Waals surface area contributed by atoms with Gasteiger partial charge in [-0.25, -0.2) is 0 Å². The highest BCUT2D eigenvalue weighted by molar-refractivity contribution is 7.11. The molecule has 1 aliphatic rings. The summed E-state index contributed by atoms with van der Waals surface area (Å²) in [5, 5.41) is 3.51. The van der Waals surface area contributed by atoms with Crippen molar-refractivity contribution in [1.82, 2.24) is 10.2 Å². The number of thiophene rings is 1. The zero-order chi connectivity index (χ0) is 14.5. The third-order valence-corrected chi connectivity index (χ3v) is 4.95. The highest BCUT2D eigenvalue weighted by atomic mass is 32.1. The van der Waals surface area contributed by atoms with E-state index in [1.165, 1.54) is 9.75 Å². The molecular formula is C16H28N2OS. The van der Waals surface area contributed by atoms with Crippen molar-refractivity contribution in [3.05, 3.63) is 21.9 Å². The first-order valence-electron chi connectivity index (χ1n) is 7.66. The summed E-state index contributed by atoms with van der Waals surface area (Å²) in [6.45, 7) is 10.7. The van der Waals surface area contributed by atoms with Crippen LogP contribution in [-0.4, -0.2) is 37.2 Å². The summed E-state index contributed by atoms with van der Waals surface area (Å²) in [4.78, 5) is 5.33. The monoisotopic (exact) mass is 296 g/mol. The summed E-state index contributed by atoms with van der Waals surface area (Å²) in [5.41, 5.74) is 0. The molecule has 1 aromatic heterocycles. The molecule has 0 bridgehead atoms. The van der Waals surface area contributed by atoms with E-state index in [4.69, 9.17) is 4.74 Å². The first-order valence-corrected chi connectivity index (χ1v) is 8.48. The minimum Gasteiger partial charge on any atom is -0.377 e. The van der Waals surface area contributed by atoms with E-state index in [9.17, 15) is 0 Å². The number of nitrogens with one attached hydrogen (secondary N) is 1. The number of hydrogen-bond donors (Lipinski definition) is 1. The highest BCUT2D eigenvalue weighted by Gasteiger charge is 2.27. The van der Waals surface area contributed by atoms with Gasteiger partial charge in [0.15, 0.2) is 0 Å². The van der Waals surface area contributed by atoms with Gasteiger partial charge in [0.2, 0.25) is 0 Å². The second-order valence-electron chi connectivity index (χ2n) is 6.24. The number of hydrogen-bond acceptors (Lipinski definition) is 4. The summed E-state index contributed by atoms with van der Waals surface area (Å²) < 4.78 is 5.66. The molecular weight excluding hydrogens is 268 g/mol. The molecule has 114 valence electrons. The van der Waals surface area contributed by atoms with Crippen LogP contribution in [0.25, 0.3) is 0 Å². The standard InChI is InChI=1S/C16H28N2OS/c1-12(2)9-17-10-14-5-6-15(20-14)11-18(4)16-7-8-19-13(16)3/h5-6,12-13,16-17H,7-11H2,1-4H3. The van der Waals surface area contributed by atoms with Crippen molar-refractivity contribution in [3.8, 4) is 0 Å². The molecule has 1 aromatic rings. The number of likely N-dealkylation sites (N-methyl/N-ethyl adjacent to an activating group) is 1. The van der Waals surface area contributed by atoms with Crippen LogP contribution in [0.15, 0.2) is 12.1 Å². The van der Waals surface area contributed by atoms with Gasteiger partial charge in [-0.05, 0) is 45.0 Å². The Kier molecular flexibility index (Phi) is 6.02. The van der Waals surface area contributed by atoms with E-state index in [-0.39, 0.29) is 0 Å². The predicted molar refractivity (Wildman–Crippen MR) is 86.1 cm³/mol. The van der Waals surface area contributed by atoms with Crippen LogP contribution < -0.4 is 5.32 Å². The molecule has 0 amide bonds. The van der Waals surface area contributed by atoms with Crippen LogP contribution in [0, 0.1) is 5.92 Å². The number of nitrogens with zero attached hydrogens (tertiary/aromatic N) is 1. The van der Waals surface area contributed by atoms with Crippen molar-refractivity contribution >= 4 is 11.3 Å². The van der Waals surface area contributed by atoms with Crippen molar-refractivity contribution in [2.45, 2.75) is 52.4 Å². The lowest BCUT2D eigenvalue weighted by molar-refractivity contribution is 0.0817. The maximum absolute atomic E-state index is 5.66. The summed E-state index contributed by atoms with van der Waals surface area (Å²) in [6.07, 6.45) is 1.53. The molecule has 2 rings (SSSR count). The van der Waals surface area contributed by atoms with E-state index in [1.54, 1.807) is 0 Å². The van der Waals surface area contributed by atoms with Gasteiger partial charge in [0.1, 0.15) is 0 Å². The van der Waals surface area contributed by atoms with Crippen LogP contribution in [0.4, 0.5) is 0 Å². The normalized spacial score (nSPS) is 23.1. The third-order valence-electron chi connectivity index (χ3n) is 3.88. The van der Waals surface area contributed by atoms with Gasteiger partial charge in [0.25, 0.3) is 0 Å². The summed E-state index contributed by atoms with van der Waals surface area (Å²) >= 11 is 1.93. The van der Waals surface area contributed by atoms with Crippen molar-refractivity contribution in [3.63, 3.8) is 0 Å². The SMILES string of the molecule is CC(C)CNCc1ccc(CN(C)C2CCOC2C)s1. The lowest BCUT2D eigenvalue weighted by atomic mass is 10.1. The largest absolute Gasteiger partial charge is 0.377 e. The molecule has 1 fully saturated rings. The van der Waals surface area contributed by atoms with E-state index < -0.39 is 0 Å². The molecule has 4 heteroatoms. The Morgan fingerprint density at radius 1 is 1.40 bits per heavy atom. The second kappa shape index (κ2) is 7.55. The summed E-state index contributed by atoms with van der Waals surface area (Å²) in [7, 11) is 2.21. The topological polar surface area (TPSA) is 24.5 Å². The lowest BCUT2D eigenvalue weighted by Gasteiger charge is -2.25. The molecule has 1 saturated heterocycles. The Labute approximate surface area is 127 Å². The Balaban J connectivity index is 1.80. The van der Waals surface area contributed by atoms with E-state index in [0.29, 0.717) is 18.1 Å². The van der Waals surface area contributed by atoms with Crippen LogP contribution in [-0.2, 0) is 17.8 Å². The van der Waals surface area contributed by atoms with E-state index in [2.05, 4.69) is 50.2 Å². The Hall–Kier alpha value is -0.420. The van der Waals surface area contributed by atoms with Gasteiger partial charge in [0.05, 0.1) is 6.10 Å². The van der Waals surface area contributed by atoms with E-state index in [1.807, 2.05) is 11.3 Å². The van der Waals surface area contributed by atoms with Gasteiger partial charge in [-0.3, -0.25) is 4.90 Å². The van der Waals surface area contributed by atoms with E-state index in [0.717, 1.165) is 32.7 Å². The minimum absolute atomic E-state index is 0.368. The van der Waals surface area contributed by atoms with Crippen LogP contribution in [0.5, 0.6) is 0 Å². The molecule has 1 N–H and O–H groups in total. The zero-order valence-corrected chi connectivity index (χ0v) is 14.0. The summed E-state index contributed by atoms with van der Waals surface area (Å²) in [5.74, 6) is 0.712. The van der Waals surface area contributed by atoms with Crippen molar-refractivity contribution < 1.29 is 4.74 Å². The Morgan fingerprint density at radius 2 is 2.15 bits per heavy atom. The molecule has 20 heavy (non-hydrogen) atoms. The van der Waals surface area contributed by atoms with Gasteiger partial charge < -0.3 is 10.1 Å². The fraction of sp³-hybridized carbons (Fsp3) is 0.750. The molecule has 0 radical (unpaired) electrons. The van der Waals surface area contributed by atoms with E-state index >= 15 is 0 Å². The smallest absolute Gasteiger partial charge is 0.0703 e. The summed E-state index contributed by atoms with van der Waals surface area (Å²) in [6, 6.07) is 5.10. The quantitative estimate of drug-likeness (QED) is 0.837. The third kappa shape index (κ3) is 4.55. The lowest BCUT2D eigenvalue weighted by Crippen LogP contribution is -2.35. The minimum atomic E-state index is 0.368. The molecule has 2 atom stereocenters. The van der Waals surface area contributed by atoms with Crippen LogP contribution >= 0.6 is 11.3 Å². The van der Waals surface area contributed by atoms with Gasteiger partial charge in [-0.15, -0.1) is 11.3 Å². The van der Waals surface area contributed by atoms with Crippen LogP contribution in [0.3, 0.4) is 0 Å². The average Bonchev–Trinajstić information content (AvgIpc) is 2.98. The maximum atomic E-state index is 5.66. The molecule has 3 nitrogen and oxygen atoms in total. The maximum Gasteiger partial charge on any atom is 0.0703 e. The van der Waals surface area contributed by atoms with Crippen molar-refractivity contribution in [2.24, 2.45) is 5.92 Å². The second-order valence-corrected chi connectivity index (χ2v) is 7.49. The van der Waals surface area contributed by atoms with Gasteiger partial charge in [0, 0.05) is 35.5 Å². The molecule has 2 heterocycles. The van der Waals surface area contributed by atoms with Gasteiger partial charge in [-0.1, -0.05) is 13.8 Å².